The lowest BCUT2D eigenvalue weighted by Gasteiger charge is -2.12. The Hall–Kier alpha value is -2.06. The maximum absolute atomic E-state index is 11.4. The smallest absolute Gasteiger partial charge is 0.257 e. The van der Waals surface area contributed by atoms with Gasteiger partial charge in [0.2, 0.25) is 0 Å². The molecule has 0 atom stereocenters. The van der Waals surface area contributed by atoms with E-state index in [0.29, 0.717) is 17.9 Å². The first-order chi connectivity index (χ1) is 8.69. The van der Waals surface area contributed by atoms with E-state index in [0.717, 1.165) is 5.56 Å². The molecule has 0 heterocycles. The molecule has 0 spiro atoms. The van der Waals surface area contributed by atoms with Crippen molar-refractivity contribution in [1.82, 2.24) is 5.32 Å². The highest BCUT2D eigenvalue weighted by Crippen LogP contribution is 2.23. The Labute approximate surface area is 106 Å². The summed E-state index contributed by atoms with van der Waals surface area (Å²) in [7, 11) is 0. The number of nitrogens with one attached hydrogen (secondary N) is 1. The Bertz CT molecular complexity index is 452. The lowest BCUT2D eigenvalue weighted by atomic mass is 10.1. The molecular weight excluding hydrogens is 232 g/mol. The van der Waals surface area contributed by atoms with E-state index in [2.05, 4.69) is 5.32 Å². The van der Waals surface area contributed by atoms with Gasteiger partial charge in [-0.2, -0.15) is 5.26 Å². The molecule has 0 fully saturated rings. The number of aliphatic hydroxyl groups is 1. The quantitative estimate of drug-likeness (QED) is 0.733. The molecule has 2 N–H and O–H groups in total. The summed E-state index contributed by atoms with van der Waals surface area (Å²) in [5, 5.41) is 20.1. The number of amides is 1. The predicted octanol–water partition coefficient (Wildman–Crippen LogP) is 0.896. The Kier molecular flexibility index (Phi) is 5.68. The van der Waals surface area contributed by atoms with Crippen LogP contribution in [0.25, 0.3) is 0 Å². The molecule has 0 bridgehead atoms. The average molecular weight is 248 g/mol. The van der Waals surface area contributed by atoms with Gasteiger partial charge < -0.3 is 15.2 Å². The highest BCUT2D eigenvalue weighted by molar-refractivity contribution is 5.77. The SMILES string of the molecule is Cc1cccc(CO)c1OCC(=O)NCCC#N. The van der Waals surface area contributed by atoms with E-state index in [-0.39, 0.29) is 25.5 Å². The van der Waals surface area contributed by atoms with Crippen molar-refractivity contribution >= 4 is 5.91 Å². The first-order valence-corrected chi connectivity index (χ1v) is 5.64. The van der Waals surface area contributed by atoms with Crippen LogP contribution in [-0.4, -0.2) is 24.2 Å². The highest BCUT2D eigenvalue weighted by Gasteiger charge is 2.08. The van der Waals surface area contributed by atoms with Gasteiger partial charge in [0.25, 0.3) is 5.91 Å². The molecule has 0 aromatic heterocycles. The van der Waals surface area contributed by atoms with E-state index in [4.69, 9.17) is 15.1 Å². The Balaban J connectivity index is 2.53. The van der Waals surface area contributed by atoms with Gasteiger partial charge in [-0.15, -0.1) is 0 Å². The van der Waals surface area contributed by atoms with Gasteiger partial charge in [0, 0.05) is 12.1 Å². The summed E-state index contributed by atoms with van der Waals surface area (Å²) >= 11 is 0. The molecule has 0 saturated carbocycles. The first-order valence-electron chi connectivity index (χ1n) is 5.64. The van der Waals surface area contributed by atoms with E-state index in [9.17, 15) is 4.79 Å². The van der Waals surface area contributed by atoms with Crippen LogP contribution in [0.3, 0.4) is 0 Å². The Morgan fingerprint density at radius 2 is 2.33 bits per heavy atom. The molecule has 1 aromatic carbocycles. The fourth-order valence-corrected chi connectivity index (χ4v) is 1.49. The second-order valence-corrected chi connectivity index (χ2v) is 3.77. The predicted molar refractivity (Wildman–Crippen MR) is 65.8 cm³/mol. The highest BCUT2D eigenvalue weighted by atomic mass is 16.5. The van der Waals surface area contributed by atoms with Crippen molar-refractivity contribution in [3.8, 4) is 11.8 Å². The maximum Gasteiger partial charge on any atom is 0.257 e. The summed E-state index contributed by atoms with van der Waals surface area (Å²) < 4.78 is 5.40. The number of ether oxygens (including phenoxy) is 1. The van der Waals surface area contributed by atoms with Gasteiger partial charge in [0.05, 0.1) is 19.1 Å². The van der Waals surface area contributed by atoms with Crippen LogP contribution in [0.1, 0.15) is 17.5 Å². The van der Waals surface area contributed by atoms with Gasteiger partial charge in [-0.1, -0.05) is 18.2 Å². The summed E-state index contributed by atoms with van der Waals surface area (Å²) in [6.07, 6.45) is 0.276. The number of nitriles is 1. The van der Waals surface area contributed by atoms with E-state index in [1.165, 1.54) is 0 Å². The third-order valence-electron chi connectivity index (χ3n) is 2.37. The second kappa shape index (κ2) is 7.30. The van der Waals surface area contributed by atoms with Crippen molar-refractivity contribution in [1.29, 1.82) is 5.26 Å². The molecule has 1 amide bonds. The number of hydrogen-bond donors (Lipinski definition) is 2. The van der Waals surface area contributed by atoms with E-state index >= 15 is 0 Å². The van der Waals surface area contributed by atoms with Crippen molar-refractivity contribution in [2.45, 2.75) is 20.0 Å². The molecule has 1 aromatic rings. The van der Waals surface area contributed by atoms with Gasteiger partial charge in [0.1, 0.15) is 5.75 Å². The number of nitrogens with zero attached hydrogens (tertiary/aromatic N) is 1. The van der Waals surface area contributed by atoms with Gasteiger partial charge in [-0.3, -0.25) is 4.79 Å². The number of aryl methyl sites for hydroxylation is 1. The maximum atomic E-state index is 11.4. The molecule has 0 aliphatic heterocycles. The molecule has 5 heteroatoms. The first kappa shape index (κ1) is 14.0. The van der Waals surface area contributed by atoms with Crippen LogP contribution >= 0.6 is 0 Å². The molecule has 0 aliphatic carbocycles. The lowest BCUT2D eigenvalue weighted by molar-refractivity contribution is -0.123. The third-order valence-corrected chi connectivity index (χ3v) is 2.37. The molecule has 5 nitrogen and oxygen atoms in total. The standard InChI is InChI=1S/C13H16N2O3/c1-10-4-2-5-11(8-16)13(10)18-9-12(17)15-7-3-6-14/h2,4-5,16H,3,7-9H2,1H3,(H,15,17). The van der Waals surface area contributed by atoms with Crippen LogP contribution in [0.4, 0.5) is 0 Å². The number of hydrogen-bond acceptors (Lipinski definition) is 4. The molecule has 0 aliphatic rings. The number of benzene rings is 1. The number of carbonyl (C=O) groups excluding carboxylic acids is 1. The molecule has 0 radical (unpaired) electrons. The minimum absolute atomic E-state index is 0.122. The summed E-state index contributed by atoms with van der Waals surface area (Å²) in [4.78, 5) is 11.4. The van der Waals surface area contributed by atoms with Crippen molar-refractivity contribution in [2.75, 3.05) is 13.2 Å². The van der Waals surface area contributed by atoms with Crippen LogP contribution in [-0.2, 0) is 11.4 Å². The van der Waals surface area contributed by atoms with Gasteiger partial charge >= 0.3 is 0 Å². The number of para-hydroxylation sites is 1. The molecule has 0 saturated heterocycles. The second-order valence-electron chi connectivity index (χ2n) is 3.77. The topological polar surface area (TPSA) is 82.3 Å². The van der Waals surface area contributed by atoms with E-state index in [1.54, 1.807) is 6.07 Å². The van der Waals surface area contributed by atoms with Crippen LogP contribution < -0.4 is 10.1 Å². The zero-order valence-corrected chi connectivity index (χ0v) is 10.3. The average Bonchev–Trinajstić information content (AvgIpc) is 2.37. The van der Waals surface area contributed by atoms with Gasteiger partial charge in [-0.05, 0) is 12.5 Å². The minimum Gasteiger partial charge on any atom is -0.483 e. The zero-order valence-electron chi connectivity index (χ0n) is 10.3. The fraction of sp³-hybridized carbons (Fsp3) is 0.385. The molecule has 18 heavy (non-hydrogen) atoms. The molecule has 96 valence electrons. The zero-order chi connectivity index (χ0) is 13.4. The third kappa shape index (κ3) is 4.07. The summed E-state index contributed by atoms with van der Waals surface area (Å²) in [5.41, 5.74) is 1.52. The summed E-state index contributed by atoms with van der Waals surface area (Å²) in [6.45, 7) is 1.91. The Morgan fingerprint density at radius 1 is 1.56 bits per heavy atom. The normalized spacial score (nSPS) is 9.61. The largest absolute Gasteiger partial charge is 0.483 e. The summed E-state index contributed by atoms with van der Waals surface area (Å²) in [5.74, 6) is 0.257. The number of carbonyl (C=O) groups is 1. The number of aliphatic hydroxyl groups excluding tert-OH is 1. The van der Waals surface area contributed by atoms with Crippen LogP contribution in [0.15, 0.2) is 18.2 Å². The summed E-state index contributed by atoms with van der Waals surface area (Å²) in [6, 6.07) is 7.35. The van der Waals surface area contributed by atoms with Gasteiger partial charge in [0.15, 0.2) is 6.61 Å². The number of rotatable bonds is 6. The van der Waals surface area contributed by atoms with Crippen LogP contribution in [0.5, 0.6) is 5.75 Å². The van der Waals surface area contributed by atoms with E-state index in [1.807, 2.05) is 25.1 Å². The van der Waals surface area contributed by atoms with Crippen molar-refractivity contribution in [3.63, 3.8) is 0 Å². The van der Waals surface area contributed by atoms with Crippen LogP contribution in [0.2, 0.25) is 0 Å². The Morgan fingerprint density at radius 3 is 3.00 bits per heavy atom. The minimum atomic E-state index is -0.280. The van der Waals surface area contributed by atoms with Crippen LogP contribution in [0, 0.1) is 18.3 Å². The van der Waals surface area contributed by atoms with Crippen molar-refractivity contribution in [3.05, 3.63) is 29.3 Å². The molecular formula is C13H16N2O3. The fourth-order valence-electron chi connectivity index (χ4n) is 1.49. The van der Waals surface area contributed by atoms with Gasteiger partial charge in [-0.25, -0.2) is 0 Å². The molecule has 1 rings (SSSR count). The lowest BCUT2D eigenvalue weighted by Crippen LogP contribution is -2.29. The van der Waals surface area contributed by atoms with Crippen molar-refractivity contribution < 1.29 is 14.6 Å². The monoisotopic (exact) mass is 248 g/mol. The molecule has 0 unspecified atom stereocenters. The van der Waals surface area contributed by atoms with Crippen molar-refractivity contribution in [2.24, 2.45) is 0 Å². The van der Waals surface area contributed by atoms with E-state index < -0.39 is 0 Å².